The molecule has 2 aromatic heterocycles. The number of carbonyl (C=O) groups is 2. The van der Waals surface area contributed by atoms with Gasteiger partial charge in [-0.15, -0.1) is 0 Å². The lowest BCUT2D eigenvalue weighted by atomic mass is 9.88. The molecule has 7 rings (SSSR count). The Labute approximate surface area is 317 Å². The molecule has 282 valence electrons. The summed E-state index contributed by atoms with van der Waals surface area (Å²) < 4.78 is 23.7. The van der Waals surface area contributed by atoms with Crippen LogP contribution < -0.4 is 20.7 Å². The number of piperidine rings is 2. The number of hydrogen-bond acceptors (Lipinski definition) is 9. The predicted octanol–water partition coefficient (Wildman–Crippen LogP) is 5.21. The summed E-state index contributed by atoms with van der Waals surface area (Å²) in [4.78, 5) is 34.9. The van der Waals surface area contributed by atoms with Crippen LogP contribution in [0.3, 0.4) is 0 Å². The van der Waals surface area contributed by atoms with E-state index in [1.54, 1.807) is 10.7 Å². The van der Waals surface area contributed by atoms with Gasteiger partial charge in [-0.05, 0) is 112 Å². The van der Waals surface area contributed by atoms with E-state index < -0.39 is 11.0 Å². The summed E-state index contributed by atoms with van der Waals surface area (Å²) in [6, 6.07) is 12.2. The Bertz CT molecular complexity index is 1920. The van der Waals surface area contributed by atoms with Crippen LogP contribution in [0.2, 0.25) is 5.02 Å². The molecule has 1 aliphatic carbocycles. The van der Waals surface area contributed by atoms with Gasteiger partial charge in [-0.2, -0.15) is 5.10 Å². The highest BCUT2D eigenvalue weighted by atomic mass is 35.5. The first-order valence-corrected chi connectivity index (χ1v) is 20.1. The van der Waals surface area contributed by atoms with Crippen molar-refractivity contribution in [3.8, 4) is 5.75 Å². The summed E-state index contributed by atoms with van der Waals surface area (Å²) in [7, 11) is 0.564. The SMILES string of the molecule is CC(COc1cc(S(=O)N2CCC(Nc3ncc(C4CC4)cn3)CC2)ccc1Cl)N1CCC(c2ccc3c(NC(=O)CCNC=O)nn(C)c3c2)CC1. The smallest absolute Gasteiger partial charge is 0.227 e. The topological polar surface area (TPSA) is 147 Å². The highest BCUT2D eigenvalue weighted by Gasteiger charge is 2.28. The molecule has 0 radical (unpaired) electrons. The van der Waals surface area contributed by atoms with Gasteiger partial charge in [0.2, 0.25) is 18.3 Å². The van der Waals surface area contributed by atoms with Crippen LogP contribution in [0.4, 0.5) is 11.8 Å². The summed E-state index contributed by atoms with van der Waals surface area (Å²) >= 11 is 6.56. The number of aromatic nitrogens is 4. The Morgan fingerprint density at radius 2 is 1.74 bits per heavy atom. The van der Waals surface area contributed by atoms with Crippen molar-refractivity contribution < 1.29 is 18.5 Å². The monoisotopic (exact) mass is 761 g/mol. The number of fused-ring (bicyclic) bond motifs is 1. The minimum absolute atomic E-state index is 0.175. The fourth-order valence-electron chi connectivity index (χ4n) is 7.29. The second-order valence-electron chi connectivity index (χ2n) is 14.4. The van der Waals surface area contributed by atoms with Gasteiger partial charge in [-0.25, -0.2) is 18.5 Å². The molecule has 2 aromatic carbocycles. The largest absolute Gasteiger partial charge is 0.490 e. The second-order valence-corrected chi connectivity index (χ2v) is 16.3. The summed E-state index contributed by atoms with van der Waals surface area (Å²) in [5.41, 5.74) is 3.46. The predicted molar refractivity (Wildman–Crippen MR) is 207 cm³/mol. The average Bonchev–Trinajstić information content (AvgIpc) is 3.99. The summed E-state index contributed by atoms with van der Waals surface area (Å²) in [6.07, 6.45) is 10.9. The van der Waals surface area contributed by atoms with Crippen LogP contribution in [-0.4, -0.2) is 96.9 Å². The molecular weight excluding hydrogens is 714 g/mol. The van der Waals surface area contributed by atoms with Gasteiger partial charge in [0.05, 0.1) is 15.4 Å². The van der Waals surface area contributed by atoms with Gasteiger partial charge in [0.15, 0.2) is 5.82 Å². The highest BCUT2D eigenvalue weighted by Crippen LogP contribution is 2.39. The third kappa shape index (κ3) is 9.17. The summed E-state index contributed by atoms with van der Waals surface area (Å²) in [6.45, 7) is 6.21. The van der Waals surface area contributed by atoms with E-state index in [2.05, 4.69) is 55.0 Å². The molecule has 1 saturated carbocycles. The molecule has 4 aromatic rings. The Morgan fingerprint density at radius 3 is 2.45 bits per heavy atom. The number of nitrogens with zero attached hydrogens (tertiary/aromatic N) is 6. The van der Waals surface area contributed by atoms with Gasteiger partial charge in [0.1, 0.15) is 23.3 Å². The fraction of sp³-hybridized carbons (Fsp3) is 0.500. The Hall–Kier alpha value is -4.11. The number of amides is 2. The molecular formula is C38H48ClN9O4S. The van der Waals surface area contributed by atoms with Crippen LogP contribution in [0.5, 0.6) is 5.75 Å². The Balaban J connectivity index is 0.873. The molecule has 2 amide bonds. The lowest BCUT2D eigenvalue weighted by molar-refractivity contribution is -0.116. The van der Waals surface area contributed by atoms with Gasteiger partial charge in [0.25, 0.3) is 0 Å². The van der Waals surface area contributed by atoms with Crippen molar-refractivity contribution in [3.63, 3.8) is 0 Å². The molecule has 13 nitrogen and oxygen atoms in total. The number of hydrogen-bond donors (Lipinski definition) is 3. The molecule has 3 fully saturated rings. The third-order valence-corrected chi connectivity index (χ3v) is 12.5. The lowest BCUT2D eigenvalue weighted by Crippen LogP contribution is -2.42. The van der Waals surface area contributed by atoms with Crippen molar-refractivity contribution >= 4 is 57.6 Å². The van der Waals surface area contributed by atoms with Crippen LogP contribution in [0.1, 0.15) is 74.8 Å². The molecule has 2 aliphatic heterocycles. The van der Waals surface area contributed by atoms with Gasteiger partial charge in [-0.3, -0.25) is 19.2 Å². The summed E-state index contributed by atoms with van der Waals surface area (Å²) in [5, 5.41) is 14.8. The standard InChI is InChI=1S/C38H48ClN9O4S/c1-25(47-15-10-27(11-16-47)28-5-7-32-34(19-28)46(2)45-37(32)44-36(50)9-14-40-24-49)23-52-35-20-31(6-8-33(35)39)53(51)48-17-12-30(13-18-48)43-38-41-21-29(22-42-38)26-3-4-26/h5-8,19-22,24-27,30H,3-4,9-18,23H2,1-2H3,(H,40,49)(H,41,42,43)(H,44,45,50). The van der Waals surface area contributed by atoms with E-state index in [0.29, 0.717) is 65.4 Å². The van der Waals surface area contributed by atoms with Crippen molar-refractivity contribution in [2.75, 3.05) is 50.0 Å². The third-order valence-electron chi connectivity index (χ3n) is 10.7. The number of anilines is 2. The van der Waals surface area contributed by atoms with Crippen LogP contribution in [0.15, 0.2) is 53.7 Å². The maximum atomic E-state index is 13.6. The average molecular weight is 762 g/mol. The molecule has 3 aliphatic rings. The zero-order valence-electron chi connectivity index (χ0n) is 30.3. The van der Waals surface area contributed by atoms with E-state index in [9.17, 15) is 13.8 Å². The van der Waals surface area contributed by atoms with E-state index in [4.69, 9.17) is 16.3 Å². The Kier molecular flexibility index (Phi) is 11.9. The van der Waals surface area contributed by atoms with E-state index in [0.717, 1.165) is 49.7 Å². The number of likely N-dealkylation sites (tertiary alicyclic amines) is 1. The van der Waals surface area contributed by atoms with Gasteiger partial charge < -0.3 is 20.7 Å². The fourth-order valence-corrected chi connectivity index (χ4v) is 8.69. The van der Waals surface area contributed by atoms with Crippen molar-refractivity contribution in [1.29, 1.82) is 0 Å². The molecule has 3 N–H and O–H groups in total. The Morgan fingerprint density at radius 1 is 1.00 bits per heavy atom. The normalized spacial score (nSPS) is 18.8. The summed E-state index contributed by atoms with van der Waals surface area (Å²) in [5.74, 6) is 2.61. The van der Waals surface area contributed by atoms with E-state index >= 15 is 0 Å². The number of ether oxygens (including phenoxy) is 1. The first kappa shape index (κ1) is 37.2. The lowest BCUT2D eigenvalue weighted by Gasteiger charge is -2.36. The van der Waals surface area contributed by atoms with Crippen LogP contribution in [0, 0.1) is 0 Å². The van der Waals surface area contributed by atoms with E-state index in [1.165, 1.54) is 24.0 Å². The van der Waals surface area contributed by atoms with E-state index in [-0.39, 0.29) is 31.0 Å². The molecule has 4 heterocycles. The van der Waals surface area contributed by atoms with Gasteiger partial charge >= 0.3 is 0 Å². The number of carbonyl (C=O) groups excluding carboxylic acids is 2. The molecule has 2 unspecified atom stereocenters. The first-order chi connectivity index (χ1) is 25.7. The number of halogens is 1. The molecule has 0 bridgehead atoms. The van der Waals surface area contributed by atoms with Crippen LogP contribution in [0.25, 0.3) is 10.9 Å². The highest BCUT2D eigenvalue weighted by molar-refractivity contribution is 7.82. The maximum Gasteiger partial charge on any atom is 0.227 e. The van der Waals surface area contributed by atoms with Crippen LogP contribution in [-0.2, 0) is 27.6 Å². The molecule has 0 spiro atoms. The van der Waals surface area contributed by atoms with Crippen LogP contribution >= 0.6 is 11.6 Å². The number of benzene rings is 2. The molecule has 2 atom stereocenters. The van der Waals surface area contributed by atoms with Gasteiger partial charge in [-0.1, -0.05) is 17.7 Å². The number of nitrogens with one attached hydrogen (secondary N) is 3. The number of aryl methyl sites for hydroxylation is 1. The first-order valence-electron chi connectivity index (χ1n) is 18.6. The zero-order valence-corrected chi connectivity index (χ0v) is 31.9. The second kappa shape index (κ2) is 16.9. The van der Waals surface area contributed by atoms with Crippen molar-refractivity contribution in [1.82, 2.24) is 34.3 Å². The van der Waals surface area contributed by atoms with Crippen molar-refractivity contribution in [3.05, 3.63) is 64.9 Å². The van der Waals surface area contributed by atoms with E-state index in [1.807, 2.05) is 41.9 Å². The minimum Gasteiger partial charge on any atom is -0.490 e. The molecule has 2 saturated heterocycles. The molecule has 53 heavy (non-hydrogen) atoms. The van der Waals surface area contributed by atoms with Gasteiger partial charge in [0, 0.05) is 63.0 Å². The number of rotatable bonds is 15. The maximum absolute atomic E-state index is 13.6. The van der Waals surface area contributed by atoms with Crippen molar-refractivity contribution in [2.24, 2.45) is 7.05 Å². The quantitative estimate of drug-likeness (QED) is 0.110. The molecule has 15 heteroatoms. The van der Waals surface area contributed by atoms with Crippen molar-refractivity contribution in [2.45, 2.75) is 80.7 Å². The minimum atomic E-state index is -1.32. The zero-order chi connectivity index (χ0) is 36.9.